The van der Waals surface area contributed by atoms with Gasteiger partial charge in [-0.2, -0.15) is 4.72 Å². The summed E-state index contributed by atoms with van der Waals surface area (Å²) in [6, 6.07) is 11.5. The van der Waals surface area contributed by atoms with Crippen molar-refractivity contribution < 1.29 is 17.6 Å². The molecule has 32 heavy (non-hydrogen) atoms. The Morgan fingerprint density at radius 3 is 2.53 bits per heavy atom. The van der Waals surface area contributed by atoms with Gasteiger partial charge in [0.15, 0.2) is 0 Å². The maximum absolute atomic E-state index is 13.8. The van der Waals surface area contributed by atoms with Crippen LogP contribution in [0.4, 0.5) is 10.1 Å². The normalized spacial score (nSPS) is 12.9. The van der Waals surface area contributed by atoms with Gasteiger partial charge in [0.05, 0.1) is 6.04 Å². The highest BCUT2D eigenvalue weighted by Gasteiger charge is 2.24. The van der Waals surface area contributed by atoms with Crippen molar-refractivity contribution in [3.8, 4) is 0 Å². The van der Waals surface area contributed by atoms with E-state index in [-0.39, 0.29) is 0 Å². The molecule has 0 saturated carbocycles. The average Bonchev–Trinajstić information content (AvgIpc) is 3.16. The number of anilines is 1. The highest BCUT2D eigenvalue weighted by molar-refractivity contribution is 7.89. The summed E-state index contributed by atoms with van der Waals surface area (Å²) in [4.78, 5) is 14.4. The number of fused-ring (bicyclic) bond motifs is 1. The summed E-state index contributed by atoms with van der Waals surface area (Å²) in [6.07, 6.45) is 2.02. The van der Waals surface area contributed by atoms with Crippen LogP contribution in [-0.4, -0.2) is 49.5 Å². The monoisotopic (exact) mass is 460 g/mol. The third kappa shape index (κ3) is 5.53. The lowest BCUT2D eigenvalue weighted by Crippen LogP contribution is -2.41. The van der Waals surface area contributed by atoms with Gasteiger partial charge in [-0.15, -0.1) is 0 Å². The Morgan fingerprint density at radius 1 is 1.12 bits per heavy atom. The van der Waals surface area contributed by atoms with Crippen molar-refractivity contribution >= 4 is 32.5 Å². The van der Waals surface area contributed by atoms with Gasteiger partial charge in [0.2, 0.25) is 15.9 Å². The van der Waals surface area contributed by atoms with E-state index in [1.807, 2.05) is 24.4 Å². The average molecular weight is 461 g/mol. The SMILES string of the molecule is CCN(CC)CCn1ccc2cc(NC(=O)[C@H](C)NS(=O)(=O)c3ccccc3F)ccc21. The largest absolute Gasteiger partial charge is 0.346 e. The van der Waals surface area contributed by atoms with Crippen LogP contribution < -0.4 is 10.0 Å². The first-order chi connectivity index (χ1) is 15.2. The van der Waals surface area contributed by atoms with Crippen LogP contribution in [0.2, 0.25) is 0 Å². The second kappa shape index (κ2) is 10.2. The van der Waals surface area contributed by atoms with Crippen molar-refractivity contribution in [2.45, 2.75) is 38.3 Å². The molecule has 2 aromatic carbocycles. The van der Waals surface area contributed by atoms with Gasteiger partial charge >= 0.3 is 0 Å². The van der Waals surface area contributed by atoms with Gasteiger partial charge in [0, 0.05) is 35.9 Å². The fourth-order valence-corrected chi connectivity index (χ4v) is 4.81. The number of nitrogens with zero attached hydrogens (tertiary/aromatic N) is 2. The summed E-state index contributed by atoms with van der Waals surface area (Å²) >= 11 is 0. The molecule has 0 fully saturated rings. The Hall–Kier alpha value is -2.75. The van der Waals surface area contributed by atoms with Gasteiger partial charge in [-0.05, 0) is 56.4 Å². The van der Waals surface area contributed by atoms with Crippen molar-refractivity contribution in [3.63, 3.8) is 0 Å². The van der Waals surface area contributed by atoms with E-state index >= 15 is 0 Å². The van der Waals surface area contributed by atoms with Crippen molar-refractivity contribution in [3.05, 3.63) is 60.5 Å². The minimum absolute atomic E-state index is 0.493. The van der Waals surface area contributed by atoms with Gasteiger partial charge in [-0.25, -0.2) is 12.8 Å². The number of amides is 1. The van der Waals surface area contributed by atoms with E-state index in [4.69, 9.17) is 0 Å². The summed E-state index contributed by atoms with van der Waals surface area (Å²) < 4.78 is 43.1. The van der Waals surface area contributed by atoms with Crippen LogP contribution in [0.1, 0.15) is 20.8 Å². The van der Waals surface area contributed by atoms with E-state index in [0.29, 0.717) is 5.69 Å². The topological polar surface area (TPSA) is 83.4 Å². The van der Waals surface area contributed by atoms with E-state index in [1.54, 1.807) is 6.07 Å². The maximum atomic E-state index is 13.8. The van der Waals surface area contributed by atoms with E-state index in [0.717, 1.165) is 49.2 Å². The lowest BCUT2D eigenvalue weighted by atomic mass is 10.2. The van der Waals surface area contributed by atoms with Crippen LogP contribution in [0, 0.1) is 5.82 Å². The number of halogens is 1. The first kappa shape index (κ1) is 23.9. The molecule has 0 spiro atoms. The van der Waals surface area contributed by atoms with Crippen molar-refractivity contribution in [2.24, 2.45) is 0 Å². The smallest absolute Gasteiger partial charge is 0.244 e. The van der Waals surface area contributed by atoms with Gasteiger partial charge < -0.3 is 14.8 Å². The molecular weight excluding hydrogens is 431 g/mol. The summed E-state index contributed by atoms with van der Waals surface area (Å²) in [5.41, 5.74) is 1.62. The molecular formula is C23H29FN4O3S. The minimum atomic E-state index is -4.17. The molecule has 1 atom stereocenters. The predicted molar refractivity (Wildman–Crippen MR) is 125 cm³/mol. The third-order valence-electron chi connectivity index (χ3n) is 5.44. The first-order valence-corrected chi connectivity index (χ1v) is 12.1. The zero-order chi connectivity index (χ0) is 23.3. The molecule has 2 N–H and O–H groups in total. The number of nitrogens with one attached hydrogen (secondary N) is 2. The highest BCUT2D eigenvalue weighted by atomic mass is 32.2. The maximum Gasteiger partial charge on any atom is 0.244 e. The van der Waals surface area contributed by atoms with Crippen LogP contribution in [-0.2, 0) is 21.4 Å². The Balaban J connectivity index is 1.67. The zero-order valence-corrected chi connectivity index (χ0v) is 19.3. The number of aromatic nitrogens is 1. The quantitative estimate of drug-likeness (QED) is 0.486. The number of sulfonamides is 1. The Kier molecular flexibility index (Phi) is 7.65. The molecule has 1 amide bonds. The number of rotatable bonds is 10. The molecule has 3 rings (SSSR count). The van der Waals surface area contributed by atoms with Gasteiger partial charge in [0.25, 0.3) is 0 Å². The standard InChI is InChI=1S/C23H29FN4O3S/c1-4-27(5-2)14-15-28-13-12-18-16-19(10-11-21(18)28)25-23(29)17(3)26-32(30,31)22-9-7-6-8-20(22)24/h6-13,16-17,26H,4-5,14-15H2,1-3H3,(H,25,29)/t17-/m0/s1. The predicted octanol–water partition coefficient (Wildman–Crippen LogP) is 3.43. The fraction of sp³-hybridized carbons (Fsp3) is 0.348. The molecule has 9 heteroatoms. The molecule has 0 unspecified atom stereocenters. The lowest BCUT2D eigenvalue weighted by Gasteiger charge is -2.18. The van der Waals surface area contributed by atoms with Crippen LogP contribution in [0.3, 0.4) is 0 Å². The number of hydrogen-bond acceptors (Lipinski definition) is 4. The molecule has 1 heterocycles. The van der Waals surface area contributed by atoms with Gasteiger partial charge in [-0.3, -0.25) is 4.79 Å². The molecule has 0 aliphatic heterocycles. The number of carbonyl (C=O) groups is 1. The molecule has 0 aliphatic carbocycles. The number of likely N-dealkylation sites (N-methyl/N-ethyl adjacent to an activating group) is 1. The summed E-state index contributed by atoms with van der Waals surface area (Å²) in [5.74, 6) is -1.41. The fourth-order valence-electron chi connectivity index (χ4n) is 3.52. The molecule has 1 aromatic heterocycles. The van der Waals surface area contributed by atoms with Gasteiger partial charge in [0.1, 0.15) is 10.7 Å². The van der Waals surface area contributed by atoms with Crippen LogP contribution in [0.15, 0.2) is 59.6 Å². The van der Waals surface area contributed by atoms with Gasteiger partial charge in [-0.1, -0.05) is 26.0 Å². The highest BCUT2D eigenvalue weighted by Crippen LogP contribution is 2.21. The van der Waals surface area contributed by atoms with E-state index in [9.17, 15) is 17.6 Å². The van der Waals surface area contributed by atoms with Crippen molar-refractivity contribution in [1.29, 1.82) is 0 Å². The van der Waals surface area contributed by atoms with E-state index < -0.39 is 32.7 Å². The third-order valence-corrected chi connectivity index (χ3v) is 7.02. The van der Waals surface area contributed by atoms with Crippen LogP contribution in [0.5, 0.6) is 0 Å². The second-order valence-corrected chi connectivity index (χ2v) is 9.25. The zero-order valence-electron chi connectivity index (χ0n) is 18.5. The molecule has 0 saturated heterocycles. The second-order valence-electron chi connectivity index (χ2n) is 7.57. The Morgan fingerprint density at radius 2 is 1.84 bits per heavy atom. The van der Waals surface area contributed by atoms with Crippen molar-refractivity contribution in [2.75, 3.05) is 25.0 Å². The Bertz CT molecular complexity index is 1190. The molecule has 0 radical (unpaired) electrons. The van der Waals surface area contributed by atoms with Crippen LogP contribution in [0.25, 0.3) is 10.9 Å². The number of benzene rings is 2. The van der Waals surface area contributed by atoms with E-state index in [2.05, 4.69) is 33.4 Å². The molecule has 0 aliphatic rings. The number of carbonyl (C=O) groups excluding carboxylic acids is 1. The summed E-state index contributed by atoms with van der Waals surface area (Å²) in [6.45, 7) is 9.53. The molecule has 3 aromatic rings. The molecule has 7 nitrogen and oxygen atoms in total. The van der Waals surface area contributed by atoms with Crippen LogP contribution >= 0.6 is 0 Å². The minimum Gasteiger partial charge on any atom is -0.346 e. The number of hydrogen-bond donors (Lipinski definition) is 2. The molecule has 0 bridgehead atoms. The summed E-state index contributed by atoms with van der Waals surface area (Å²) in [5, 5.41) is 3.70. The first-order valence-electron chi connectivity index (χ1n) is 10.6. The summed E-state index contributed by atoms with van der Waals surface area (Å²) in [7, 11) is -4.17. The molecule has 172 valence electrons. The Labute approximate surface area is 188 Å². The van der Waals surface area contributed by atoms with Crippen molar-refractivity contribution in [1.82, 2.24) is 14.2 Å². The lowest BCUT2D eigenvalue weighted by molar-refractivity contribution is -0.117. The van der Waals surface area contributed by atoms with E-state index in [1.165, 1.54) is 19.1 Å².